The highest BCUT2D eigenvalue weighted by molar-refractivity contribution is 6.31. The van der Waals surface area contributed by atoms with Crippen molar-refractivity contribution in [3.8, 4) is 0 Å². The second-order valence-electron chi connectivity index (χ2n) is 5.95. The first kappa shape index (κ1) is 15.8. The van der Waals surface area contributed by atoms with E-state index in [1.807, 2.05) is 31.3 Å². The van der Waals surface area contributed by atoms with Crippen molar-refractivity contribution in [2.75, 3.05) is 13.6 Å². The topological polar surface area (TPSA) is 21.3 Å². The third-order valence-electron chi connectivity index (χ3n) is 4.58. The van der Waals surface area contributed by atoms with Crippen LogP contribution < -0.4 is 5.32 Å². The third kappa shape index (κ3) is 3.97. The Morgan fingerprint density at radius 3 is 2.60 bits per heavy atom. The molecule has 1 fully saturated rings. The van der Waals surface area contributed by atoms with Gasteiger partial charge in [-0.2, -0.15) is 0 Å². The van der Waals surface area contributed by atoms with Crippen molar-refractivity contribution >= 4 is 11.6 Å². The van der Waals surface area contributed by atoms with Crippen LogP contribution in [0.25, 0.3) is 0 Å². The summed E-state index contributed by atoms with van der Waals surface area (Å²) >= 11 is 6.21. The number of benzene rings is 1. The number of halogens is 1. The van der Waals surface area contributed by atoms with Crippen LogP contribution in [0.5, 0.6) is 0 Å². The molecular formula is C17H26ClNO. The van der Waals surface area contributed by atoms with Gasteiger partial charge in [0, 0.05) is 11.6 Å². The molecule has 3 heteroatoms. The molecule has 0 amide bonds. The lowest BCUT2D eigenvalue weighted by Gasteiger charge is -2.40. The third-order valence-corrected chi connectivity index (χ3v) is 4.95. The number of hydrogen-bond donors (Lipinski definition) is 1. The molecule has 1 aliphatic rings. The molecule has 2 nitrogen and oxygen atoms in total. The summed E-state index contributed by atoms with van der Waals surface area (Å²) < 4.78 is 6.32. The molecule has 1 aromatic carbocycles. The molecule has 20 heavy (non-hydrogen) atoms. The lowest BCUT2D eigenvalue weighted by atomic mass is 9.77. The Morgan fingerprint density at radius 1 is 1.30 bits per heavy atom. The van der Waals surface area contributed by atoms with E-state index in [0.717, 1.165) is 35.9 Å². The van der Waals surface area contributed by atoms with Crippen molar-refractivity contribution in [3.05, 3.63) is 34.9 Å². The van der Waals surface area contributed by atoms with Crippen LogP contribution in [0.15, 0.2) is 24.3 Å². The standard InChI is InChI=1S/C17H26ClNO/c1-3-14-8-10-17(11-9-14,13-19-2)20-12-15-6-4-5-7-16(15)18/h4-7,14,19H,3,8-13H2,1-2H3. The average Bonchev–Trinajstić information content (AvgIpc) is 2.48. The van der Waals surface area contributed by atoms with Gasteiger partial charge in [-0.1, -0.05) is 43.1 Å². The van der Waals surface area contributed by atoms with Gasteiger partial charge < -0.3 is 10.1 Å². The predicted octanol–water partition coefficient (Wildman–Crippen LogP) is 4.42. The summed E-state index contributed by atoms with van der Waals surface area (Å²) in [5, 5.41) is 4.10. The summed E-state index contributed by atoms with van der Waals surface area (Å²) in [5.41, 5.74) is 1.07. The van der Waals surface area contributed by atoms with E-state index < -0.39 is 0 Å². The van der Waals surface area contributed by atoms with Gasteiger partial charge in [0.05, 0.1) is 12.2 Å². The predicted molar refractivity (Wildman–Crippen MR) is 85.1 cm³/mol. The fourth-order valence-corrected chi connectivity index (χ4v) is 3.34. The minimum Gasteiger partial charge on any atom is -0.369 e. The molecule has 0 unspecified atom stereocenters. The van der Waals surface area contributed by atoms with Crippen LogP contribution in [-0.4, -0.2) is 19.2 Å². The van der Waals surface area contributed by atoms with Crippen molar-refractivity contribution in [1.82, 2.24) is 5.32 Å². The van der Waals surface area contributed by atoms with Crippen LogP contribution in [-0.2, 0) is 11.3 Å². The maximum absolute atomic E-state index is 6.32. The average molecular weight is 296 g/mol. The molecule has 0 heterocycles. The van der Waals surface area contributed by atoms with Gasteiger partial charge in [0.15, 0.2) is 0 Å². The zero-order valence-electron chi connectivity index (χ0n) is 12.6. The smallest absolute Gasteiger partial charge is 0.0810 e. The molecule has 0 radical (unpaired) electrons. The molecule has 0 bridgehead atoms. The summed E-state index contributed by atoms with van der Waals surface area (Å²) in [5.74, 6) is 0.879. The zero-order chi connectivity index (χ0) is 14.4. The highest BCUT2D eigenvalue weighted by Crippen LogP contribution is 2.36. The van der Waals surface area contributed by atoms with Gasteiger partial charge in [0.25, 0.3) is 0 Å². The number of ether oxygens (including phenoxy) is 1. The second-order valence-corrected chi connectivity index (χ2v) is 6.35. The summed E-state index contributed by atoms with van der Waals surface area (Å²) in [6.45, 7) is 3.83. The van der Waals surface area contributed by atoms with E-state index in [0.29, 0.717) is 6.61 Å². The summed E-state index contributed by atoms with van der Waals surface area (Å²) in [6.07, 6.45) is 6.15. The van der Waals surface area contributed by atoms with Gasteiger partial charge in [-0.3, -0.25) is 0 Å². The molecular weight excluding hydrogens is 270 g/mol. The van der Waals surface area contributed by atoms with E-state index in [4.69, 9.17) is 16.3 Å². The summed E-state index contributed by atoms with van der Waals surface area (Å²) in [4.78, 5) is 0. The summed E-state index contributed by atoms with van der Waals surface area (Å²) in [7, 11) is 2.01. The molecule has 0 aliphatic heterocycles. The Labute approximate surface area is 127 Å². The van der Waals surface area contributed by atoms with Crippen molar-refractivity contribution in [2.45, 2.75) is 51.2 Å². The molecule has 0 aromatic heterocycles. The molecule has 1 aromatic rings. The van der Waals surface area contributed by atoms with E-state index >= 15 is 0 Å². The van der Waals surface area contributed by atoms with Crippen LogP contribution in [0.1, 0.15) is 44.6 Å². The maximum atomic E-state index is 6.32. The quantitative estimate of drug-likeness (QED) is 0.839. The Kier molecular flexibility index (Phi) is 5.88. The first-order valence-electron chi connectivity index (χ1n) is 7.71. The van der Waals surface area contributed by atoms with Gasteiger partial charge in [-0.25, -0.2) is 0 Å². The number of likely N-dealkylation sites (N-methyl/N-ethyl adjacent to an activating group) is 1. The van der Waals surface area contributed by atoms with Gasteiger partial charge >= 0.3 is 0 Å². The largest absolute Gasteiger partial charge is 0.369 e. The van der Waals surface area contributed by atoms with Gasteiger partial charge in [-0.05, 0) is 50.3 Å². The number of rotatable bonds is 6. The van der Waals surface area contributed by atoms with Gasteiger partial charge in [0.1, 0.15) is 0 Å². The monoisotopic (exact) mass is 295 g/mol. The minimum absolute atomic E-state index is 0.0143. The Balaban J connectivity index is 1.98. The SMILES string of the molecule is CCC1CCC(CNC)(OCc2ccccc2Cl)CC1. The molecule has 112 valence electrons. The van der Waals surface area contributed by atoms with Crippen LogP contribution in [0.2, 0.25) is 5.02 Å². The number of nitrogens with one attached hydrogen (secondary N) is 1. The van der Waals surface area contributed by atoms with Crippen molar-refractivity contribution in [3.63, 3.8) is 0 Å². The Hall–Kier alpha value is -0.570. The molecule has 1 saturated carbocycles. The lowest BCUT2D eigenvalue weighted by Crippen LogP contribution is -2.45. The molecule has 0 spiro atoms. The first-order chi connectivity index (χ1) is 9.69. The zero-order valence-corrected chi connectivity index (χ0v) is 13.4. The Morgan fingerprint density at radius 2 is 2.00 bits per heavy atom. The van der Waals surface area contributed by atoms with Crippen molar-refractivity contribution in [1.29, 1.82) is 0 Å². The van der Waals surface area contributed by atoms with Crippen LogP contribution in [0.3, 0.4) is 0 Å². The van der Waals surface area contributed by atoms with Gasteiger partial charge in [-0.15, -0.1) is 0 Å². The van der Waals surface area contributed by atoms with E-state index in [-0.39, 0.29) is 5.60 Å². The number of hydrogen-bond acceptors (Lipinski definition) is 2. The fraction of sp³-hybridized carbons (Fsp3) is 0.647. The fourth-order valence-electron chi connectivity index (χ4n) is 3.15. The second kappa shape index (κ2) is 7.44. The maximum Gasteiger partial charge on any atom is 0.0810 e. The normalized spacial score (nSPS) is 26.6. The highest BCUT2D eigenvalue weighted by atomic mass is 35.5. The first-order valence-corrected chi connectivity index (χ1v) is 8.09. The Bertz CT molecular complexity index is 413. The lowest BCUT2D eigenvalue weighted by molar-refractivity contribution is -0.0853. The van der Waals surface area contributed by atoms with Gasteiger partial charge in [0.2, 0.25) is 0 Å². The molecule has 0 saturated heterocycles. The molecule has 0 atom stereocenters. The molecule has 1 N–H and O–H groups in total. The van der Waals surface area contributed by atoms with E-state index in [1.54, 1.807) is 0 Å². The molecule has 2 rings (SSSR count). The van der Waals surface area contributed by atoms with E-state index in [9.17, 15) is 0 Å². The van der Waals surface area contributed by atoms with Crippen LogP contribution in [0.4, 0.5) is 0 Å². The van der Waals surface area contributed by atoms with E-state index in [1.165, 1.54) is 19.3 Å². The highest BCUT2D eigenvalue weighted by Gasteiger charge is 2.35. The van der Waals surface area contributed by atoms with Crippen molar-refractivity contribution < 1.29 is 4.74 Å². The van der Waals surface area contributed by atoms with E-state index in [2.05, 4.69) is 12.2 Å². The van der Waals surface area contributed by atoms with Crippen molar-refractivity contribution in [2.24, 2.45) is 5.92 Å². The van der Waals surface area contributed by atoms with Crippen LogP contribution >= 0.6 is 11.6 Å². The molecule has 1 aliphatic carbocycles. The summed E-state index contributed by atoms with van der Waals surface area (Å²) in [6, 6.07) is 7.96. The van der Waals surface area contributed by atoms with Crippen LogP contribution in [0, 0.1) is 5.92 Å². The minimum atomic E-state index is -0.0143.